The first kappa shape index (κ1) is 24.4. The number of hydrogen-bond acceptors (Lipinski definition) is 9. The Morgan fingerprint density at radius 3 is 3.03 bits per heavy atom. The molecule has 10 nitrogen and oxygen atoms in total. The summed E-state index contributed by atoms with van der Waals surface area (Å²) < 4.78 is 11.1. The first-order valence-corrected chi connectivity index (χ1v) is 12.8. The molecule has 1 N–H and O–H groups in total. The number of nitrogens with one attached hydrogen (secondary N) is 1. The lowest BCUT2D eigenvalue weighted by Gasteiger charge is -2.34. The molecule has 1 unspecified atom stereocenters. The van der Waals surface area contributed by atoms with Crippen LogP contribution < -0.4 is 10.1 Å². The topological polar surface area (TPSA) is 110 Å². The number of ether oxygens (including phenoxy) is 2. The van der Waals surface area contributed by atoms with E-state index in [-0.39, 0.29) is 11.8 Å². The number of methoxy groups -OCH3 is 1. The van der Waals surface area contributed by atoms with Gasteiger partial charge in [0.05, 0.1) is 47.6 Å². The third kappa shape index (κ3) is 5.43. The van der Waals surface area contributed by atoms with E-state index in [2.05, 4.69) is 25.2 Å². The number of carbonyl (C=O) groups excluding carboxylic acids is 2. The lowest BCUT2D eigenvalue weighted by atomic mass is 10.1. The molecule has 0 radical (unpaired) electrons. The van der Waals surface area contributed by atoms with E-state index in [1.54, 1.807) is 25.3 Å². The van der Waals surface area contributed by atoms with Gasteiger partial charge in [-0.05, 0) is 36.2 Å². The highest BCUT2D eigenvalue weighted by Crippen LogP contribution is 2.30. The number of fused-ring (bicyclic) bond motifs is 2. The molecule has 1 fully saturated rings. The molecular formula is C25H28N6O4S. The highest BCUT2D eigenvalue weighted by atomic mass is 32.2. The maximum atomic E-state index is 13.1. The molecule has 0 saturated carbocycles. The third-order valence-corrected chi connectivity index (χ3v) is 7.33. The summed E-state index contributed by atoms with van der Waals surface area (Å²) in [7, 11) is 3.35. The summed E-state index contributed by atoms with van der Waals surface area (Å²) in [5.74, 6) is 1.37. The first-order chi connectivity index (χ1) is 17.5. The minimum absolute atomic E-state index is 0.0630. The number of rotatable bonds is 7. The first-order valence-electron chi connectivity index (χ1n) is 11.8. The molecule has 0 bridgehead atoms. The van der Waals surface area contributed by atoms with Crippen LogP contribution in [0.2, 0.25) is 0 Å². The summed E-state index contributed by atoms with van der Waals surface area (Å²) in [6.45, 7) is 2.89. The minimum atomic E-state index is -0.538. The summed E-state index contributed by atoms with van der Waals surface area (Å²) in [6.07, 6.45) is 2.04. The van der Waals surface area contributed by atoms with Crippen LogP contribution in [0.5, 0.6) is 5.88 Å². The van der Waals surface area contributed by atoms with Crippen molar-refractivity contribution in [3.8, 4) is 5.88 Å². The van der Waals surface area contributed by atoms with Gasteiger partial charge in [0.2, 0.25) is 11.8 Å². The summed E-state index contributed by atoms with van der Waals surface area (Å²) >= 11 is 1.46. The molecule has 5 rings (SSSR count). The van der Waals surface area contributed by atoms with E-state index >= 15 is 0 Å². The number of pyridine rings is 3. The lowest BCUT2D eigenvalue weighted by molar-refractivity contribution is -0.148. The maximum absolute atomic E-state index is 13.1. The fourth-order valence-electron chi connectivity index (χ4n) is 4.37. The Balaban J connectivity index is 1.19. The van der Waals surface area contributed by atoms with E-state index in [1.807, 2.05) is 30.3 Å². The molecule has 5 heterocycles. The summed E-state index contributed by atoms with van der Waals surface area (Å²) in [6, 6.07) is 9.53. The standard InChI is InChI=1S/C25H28N6O4S/c1-30(13-17-3-5-20-24(27-17)28-21(32)15-36-20)25(33)19-14-31(11-12-35-19)10-8-16-7-9-26-18-4-6-22(34-2)29-23(16)18/h3-7,9,19H,8,10-15H2,1-2H3,(H,27,28,32). The van der Waals surface area contributed by atoms with Gasteiger partial charge in [0.1, 0.15) is 11.9 Å². The predicted molar refractivity (Wildman–Crippen MR) is 136 cm³/mol. The van der Waals surface area contributed by atoms with E-state index < -0.39 is 6.10 Å². The quantitative estimate of drug-likeness (QED) is 0.512. The number of thioether (sulfide) groups is 1. The number of hydrogen-bond donors (Lipinski definition) is 1. The Bertz CT molecular complexity index is 1290. The van der Waals surface area contributed by atoms with E-state index in [9.17, 15) is 9.59 Å². The van der Waals surface area contributed by atoms with Gasteiger partial charge in [-0.25, -0.2) is 9.97 Å². The fraction of sp³-hybridized carbons (Fsp3) is 0.400. The smallest absolute Gasteiger partial charge is 0.253 e. The number of anilines is 1. The lowest BCUT2D eigenvalue weighted by Crippen LogP contribution is -2.50. The normalized spacial score (nSPS) is 17.9. The Labute approximate surface area is 213 Å². The van der Waals surface area contributed by atoms with Crippen molar-refractivity contribution in [2.75, 3.05) is 51.5 Å². The van der Waals surface area contributed by atoms with E-state index in [4.69, 9.17) is 9.47 Å². The number of nitrogens with zero attached hydrogens (tertiary/aromatic N) is 5. The van der Waals surface area contributed by atoms with Gasteiger partial charge in [0, 0.05) is 38.9 Å². The number of aromatic nitrogens is 3. The molecule has 1 saturated heterocycles. The van der Waals surface area contributed by atoms with Crippen LogP contribution in [0.1, 0.15) is 11.3 Å². The Kier molecular flexibility index (Phi) is 7.30. The molecule has 188 valence electrons. The highest BCUT2D eigenvalue weighted by Gasteiger charge is 2.29. The van der Waals surface area contributed by atoms with Crippen molar-refractivity contribution in [1.82, 2.24) is 24.8 Å². The zero-order valence-corrected chi connectivity index (χ0v) is 21.1. The molecule has 3 aromatic rings. The van der Waals surface area contributed by atoms with Crippen LogP contribution in [0.3, 0.4) is 0 Å². The van der Waals surface area contributed by atoms with Gasteiger partial charge >= 0.3 is 0 Å². The molecule has 0 aliphatic carbocycles. The third-order valence-electron chi connectivity index (χ3n) is 6.28. The second-order valence-electron chi connectivity index (χ2n) is 8.78. The molecule has 3 aromatic heterocycles. The predicted octanol–water partition coefficient (Wildman–Crippen LogP) is 1.98. The van der Waals surface area contributed by atoms with Gasteiger partial charge in [-0.1, -0.05) is 0 Å². The van der Waals surface area contributed by atoms with Gasteiger partial charge < -0.3 is 19.7 Å². The van der Waals surface area contributed by atoms with Gasteiger partial charge in [-0.15, -0.1) is 11.8 Å². The molecule has 11 heteroatoms. The van der Waals surface area contributed by atoms with Crippen molar-refractivity contribution < 1.29 is 19.1 Å². The Morgan fingerprint density at radius 1 is 1.28 bits per heavy atom. The van der Waals surface area contributed by atoms with Gasteiger partial charge in [-0.2, -0.15) is 0 Å². The van der Waals surface area contributed by atoms with Crippen LogP contribution in [0, 0.1) is 0 Å². The fourth-order valence-corrected chi connectivity index (χ4v) is 5.13. The van der Waals surface area contributed by atoms with Crippen molar-refractivity contribution in [3.05, 3.63) is 47.8 Å². The van der Waals surface area contributed by atoms with E-state index in [1.165, 1.54) is 11.8 Å². The van der Waals surface area contributed by atoms with E-state index in [0.717, 1.165) is 41.0 Å². The molecular weight excluding hydrogens is 480 g/mol. The van der Waals surface area contributed by atoms with Crippen molar-refractivity contribution >= 4 is 40.4 Å². The monoisotopic (exact) mass is 508 g/mol. The Hall–Kier alpha value is -3.28. The second kappa shape index (κ2) is 10.8. The van der Waals surface area contributed by atoms with Gasteiger partial charge in [0.25, 0.3) is 5.91 Å². The number of likely N-dealkylation sites (N-methyl/N-ethyl adjacent to an activating group) is 1. The van der Waals surface area contributed by atoms with Crippen LogP contribution in [-0.2, 0) is 27.3 Å². The molecule has 2 aliphatic rings. The van der Waals surface area contributed by atoms with E-state index in [0.29, 0.717) is 42.8 Å². The molecule has 2 amide bonds. The molecule has 36 heavy (non-hydrogen) atoms. The summed E-state index contributed by atoms with van der Waals surface area (Å²) in [5, 5.41) is 2.80. The number of carbonyl (C=O) groups is 2. The maximum Gasteiger partial charge on any atom is 0.253 e. The van der Waals surface area contributed by atoms with Crippen LogP contribution in [-0.4, -0.2) is 88.8 Å². The van der Waals surface area contributed by atoms with Crippen molar-refractivity contribution in [1.29, 1.82) is 0 Å². The van der Waals surface area contributed by atoms with Crippen LogP contribution in [0.15, 0.2) is 41.4 Å². The zero-order valence-electron chi connectivity index (χ0n) is 20.3. The van der Waals surface area contributed by atoms with Gasteiger partial charge in [0.15, 0.2) is 0 Å². The van der Waals surface area contributed by atoms with Crippen molar-refractivity contribution in [3.63, 3.8) is 0 Å². The summed E-state index contributed by atoms with van der Waals surface area (Å²) in [5.41, 5.74) is 3.48. The average Bonchev–Trinajstić information content (AvgIpc) is 2.91. The van der Waals surface area contributed by atoms with Crippen molar-refractivity contribution in [2.24, 2.45) is 0 Å². The minimum Gasteiger partial charge on any atom is -0.481 e. The average molecular weight is 509 g/mol. The van der Waals surface area contributed by atoms with Crippen LogP contribution >= 0.6 is 11.8 Å². The zero-order chi connectivity index (χ0) is 25.1. The summed E-state index contributed by atoms with van der Waals surface area (Å²) in [4.78, 5) is 43.1. The Morgan fingerprint density at radius 2 is 2.17 bits per heavy atom. The molecule has 2 aliphatic heterocycles. The number of amides is 2. The van der Waals surface area contributed by atoms with Crippen molar-refractivity contribution in [2.45, 2.75) is 24.0 Å². The SMILES string of the molecule is COc1ccc2nccc(CCN3CCOC(C(=O)N(C)Cc4ccc5c(n4)NC(=O)CS5)C3)c2n1. The van der Waals surface area contributed by atoms with Crippen LogP contribution in [0.4, 0.5) is 5.82 Å². The number of morpholine rings is 1. The largest absolute Gasteiger partial charge is 0.481 e. The highest BCUT2D eigenvalue weighted by molar-refractivity contribution is 8.00. The second-order valence-corrected chi connectivity index (χ2v) is 9.80. The molecule has 1 atom stereocenters. The van der Waals surface area contributed by atoms with Gasteiger partial charge in [-0.3, -0.25) is 19.5 Å². The molecule has 0 spiro atoms. The molecule has 0 aromatic carbocycles. The van der Waals surface area contributed by atoms with Crippen LogP contribution in [0.25, 0.3) is 11.0 Å².